The highest BCUT2D eigenvalue weighted by molar-refractivity contribution is 7.92. The summed E-state index contributed by atoms with van der Waals surface area (Å²) in [5.41, 5.74) is 3.01. The number of amides is 2. The van der Waals surface area contributed by atoms with Crippen LogP contribution in [0.2, 0.25) is 0 Å². The Kier molecular flexibility index (Phi) is 11.3. The summed E-state index contributed by atoms with van der Waals surface area (Å²) in [7, 11) is -3.89. The molecule has 3 aromatic rings. The van der Waals surface area contributed by atoms with E-state index in [9.17, 15) is 18.0 Å². The van der Waals surface area contributed by atoms with Crippen LogP contribution in [0.1, 0.15) is 43.9 Å². The SMILES string of the molecule is CCOc1ccccc1N(CC(=O)N(Cc1cccc(C)c1)[C@H](Cc1ccccc1)C(=O)N[C@H](C)CC)S(C)(=O)=O. The fraction of sp³-hybridized carbons (Fsp3) is 0.375. The van der Waals surface area contributed by atoms with Crippen molar-refractivity contribution in [2.24, 2.45) is 0 Å². The van der Waals surface area contributed by atoms with Crippen LogP contribution in [0.4, 0.5) is 5.69 Å². The first-order chi connectivity index (χ1) is 19.5. The number of aryl methyl sites for hydroxylation is 1. The molecule has 0 spiro atoms. The summed E-state index contributed by atoms with van der Waals surface area (Å²) in [6.07, 6.45) is 2.06. The highest BCUT2D eigenvalue weighted by Crippen LogP contribution is 2.30. The molecule has 0 aliphatic heterocycles. The summed E-state index contributed by atoms with van der Waals surface area (Å²) < 4.78 is 32.8. The number of carbonyl (C=O) groups is 2. The maximum atomic E-state index is 14.2. The third kappa shape index (κ3) is 9.08. The maximum absolute atomic E-state index is 14.2. The molecule has 0 unspecified atom stereocenters. The molecule has 41 heavy (non-hydrogen) atoms. The van der Waals surface area contributed by atoms with Crippen molar-refractivity contribution in [3.63, 3.8) is 0 Å². The van der Waals surface area contributed by atoms with E-state index >= 15 is 0 Å². The lowest BCUT2D eigenvalue weighted by molar-refractivity contribution is -0.140. The van der Waals surface area contributed by atoms with Gasteiger partial charge in [-0.3, -0.25) is 13.9 Å². The van der Waals surface area contributed by atoms with Crippen molar-refractivity contribution >= 4 is 27.5 Å². The fourth-order valence-corrected chi connectivity index (χ4v) is 5.39. The minimum atomic E-state index is -3.89. The van der Waals surface area contributed by atoms with Crippen LogP contribution in [0.15, 0.2) is 78.9 Å². The molecule has 1 N–H and O–H groups in total. The van der Waals surface area contributed by atoms with Crippen LogP contribution in [0.5, 0.6) is 5.75 Å². The Morgan fingerprint density at radius 1 is 0.927 bits per heavy atom. The number of anilines is 1. The number of sulfonamides is 1. The fourth-order valence-electron chi connectivity index (χ4n) is 4.54. The Labute approximate surface area is 244 Å². The van der Waals surface area contributed by atoms with Crippen LogP contribution in [0, 0.1) is 6.92 Å². The third-order valence-electron chi connectivity index (χ3n) is 6.82. The number of para-hydroxylation sites is 2. The normalized spacial score (nSPS) is 12.7. The molecule has 2 atom stereocenters. The predicted octanol–water partition coefficient (Wildman–Crippen LogP) is 4.71. The topological polar surface area (TPSA) is 96.0 Å². The quantitative estimate of drug-likeness (QED) is 0.298. The van der Waals surface area contributed by atoms with Crippen molar-refractivity contribution in [3.05, 3.63) is 95.6 Å². The second-order valence-electron chi connectivity index (χ2n) is 10.2. The molecule has 0 aliphatic rings. The summed E-state index contributed by atoms with van der Waals surface area (Å²) in [5.74, 6) is -0.429. The molecule has 2 amide bonds. The van der Waals surface area contributed by atoms with Crippen molar-refractivity contribution in [2.45, 2.75) is 59.2 Å². The van der Waals surface area contributed by atoms with Gasteiger partial charge in [0.05, 0.1) is 18.6 Å². The van der Waals surface area contributed by atoms with Gasteiger partial charge in [-0.1, -0.05) is 79.2 Å². The average molecular weight is 580 g/mol. The van der Waals surface area contributed by atoms with E-state index in [1.807, 2.05) is 75.4 Å². The van der Waals surface area contributed by atoms with Gasteiger partial charge < -0.3 is 15.0 Å². The maximum Gasteiger partial charge on any atom is 0.244 e. The van der Waals surface area contributed by atoms with Gasteiger partial charge in [-0.05, 0) is 50.5 Å². The molecule has 3 rings (SSSR count). The first kappa shape index (κ1) is 31.7. The lowest BCUT2D eigenvalue weighted by atomic mass is 10.0. The Balaban J connectivity index is 2.09. The van der Waals surface area contributed by atoms with E-state index in [0.717, 1.165) is 33.7 Å². The van der Waals surface area contributed by atoms with Crippen LogP contribution in [0.25, 0.3) is 0 Å². The summed E-state index contributed by atoms with van der Waals surface area (Å²) in [4.78, 5) is 29.5. The van der Waals surface area contributed by atoms with E-state index in [0.29, 0.717) is 12.4 Å². The van der Waals surface area contributed by atoms with E-state index in [-0.39, 0.29) is 30.6 Å². The first-order valence-corrected chi connectivity index (χ1v) is 15.8. The van der Waals surface area contributed by atoms with Crippen molar-refractivity contribution in [3.8, 4) is 5.75 Å². The number of hydrogen-bond donors (Lipinski definition) is 1. The molecule has 0 radical (unpaired) electrons. The Morgan fingerprint density at radius 2 is 1.59 bits per heavy atom. The minimum absolute atomic E-state index is 0.0951. The van der Waals surface area contributed by atoms with E-state index < -0.39 is 28.5 Å². The highest BCUT2D eigenvalue weighted by atomic mass is 32.2. The summed E-state index contributed by atoms with van der Waals surface area (Å²) in [5, 5.41) is 3.04. The van der Waals surface area contributed by atoms with E-state index in [1.165, 1.54) is 4.90 Å². The van der Waals surface area contributed by atoms with Crippen LogP contribution < -0.4 is 14.4 Å². The van der Waals surface area contributed by atoms with Crippen molar-refractivity contribution < 1.29 is 22.7 Å². The largest absolute Gasteiger partial charge is 0.492 e. The molecule has 220 valence electrons. The van der Waals surface area contributed by atoms with Crippen LogP contribution in [-0.4, -0.2) is 56.6 Å². The highest BCUT2D eigenvalue weighted by Gasteiger charge is 2.34. The molecule has 0 aromatic heterocycles. The zero-order chi connectivity index (χ0) is 30.0. The molecule has 0 fully saturated rings. The molecule has 3 aromatic carbocycles. The second-order valence-corrected chi connectivity index (χ2v) is 12.1. The summed E-state index contributed by atoms with van der Waals surface area (Å²) in [6.45, 7) is 7.64. The predicted molar refractivity (Wildman–Crippen MR) is 163 cm³/mol. The number of ether oxygens (including phenoxy) is 1. The average Bonchev–Trinajstić information content (AvgIpc) is 2.94. The van der Waals surface area contributed by atoms with E-state index in [4.69, 9.17) is 4.74 Å². The van der Waals surface area contributed by atoms with Gasteiger partial charge in [-0.2, -0.15) is 0 Å². The molecular formula is C32H41N3O5S. The van der Waals surface area contributed by atoms with Crippen LogP contribution in [0.3, 0.4) is 0 Å². The molecule has 0 heterocycles. The molecule has 8 nitrogen and oxygen atoms in total. The number of benzene rings is 3. The lowest BCUT2D eigenvalue weighted by Gasteiger charge is -2.34. The van der Waals surface area contributed by atoms with Crippen molar-refractivity contribution in [1.82, 2.24) is 10.2 Å². The van der Waals surface area contributed by atoms with Gasteiger partial charge in [-0.25, -0.2) is 8.42 Å². The standard InChI is InChI=1S/C32H41N3O5S/c1-6-25(4)33-32(37)29(21-26-15-9-8-10-16-26)34(22-27-17-13-14-24(3)20-27)31(36)23-35(41(5,38)39)28-18-11-12-19-30(28)40-7-2/h8-20,25,29H,6-7,21-23H2,1-5H3,(H,33,37)/t25-,29-/m1/s1. The molecule has 9 heteroatoms. The number of rotatable bonds is 14. The molecule has 0 aliphatic carbocycles. The van der Waals surface area contributed by atoms with Gasteiger partial charge in [0.25, 0.3) is 0 Å². The Bertz CT molecular complexity index is 1410. The van der Waals surface area contributed by atoms with Gasteiger partial charge >= 0.3 is 0 Å². The van der Waals surface area contributed by atoms with Crippen molar-refractivity contribution in [2.75, 3.05) is 23.7 Å². The van der Waals surface area contributed by atoms with E-state index in [1.54, 1.807) is 31.2 Å². The zero-order valence-electron chi connectivity index (χ0n) is 24.5. The zero-order valence-corrected chi connectivity index (χ0v) is 25.4. The lowest BCUT2D eigenvalue weighted by Crippen LogP contribution is -2.54. The number of carbonyl (C=O) groups excluding carboxylic acids is 2. The second kappa shape index (κ2) is 14.7. The number of nitrogens with zero attached hydrogens (tertiary/aromatic N) is 2. The molecule has 0 bridgehead atoms. The van der Waals surface area contributed by atoms with Crippen LogP contribution >= 0.6 is 0 Å². The smallest absolute Gasteiger partial charge is 0.244 e. The monoisotopic (exact) mass is 579 g/mol. The van der Waals surface area contributed by atoms with Gasteiger partial charge in [0.2, 0.25) is 21.8 Å². The van der Waals surface area contributed by atoms with E-state index in [2.05, 4.69) is 5.32 Å². The van der Waals surface area contributed by atoms with Gasteiger partial charge in [0, 0.05) is 19.0 Å². The number of nitrogens with one attached hydrogen (secondary N) is 1. The van der Waals surface area contributed by atoms with Gasteiger partial charge in [-0.15, -0.1) is 0 Å². The Morgan fingerprint density at radius 3 is 2.22 bits per heavy atom. The summed E-state index contributed by atoms with van der Waals surface area (Å²) >= 11 is 0. The van der Waals surface area contributed by atoms with Crippen LogP contribution in [-0.2, 0) is 32.6 Å². The third-order valence-corrected chi connectivity index (χ3v) is 7.95. The first-order valence-electron chi connectivity index (χ1n) is 13.9. The number of hydrogen-bond acceptors (Lipinski definition) is 5. The van der Waals surface area contributed by atoms with Gasteiger partial charge in [0.15, 0.2) is 0 Å². The molecule has 0 saturated heterocycles. The Hall–Kier alpha value is -3.85. The summed E-state index contributed by atoms with van der Waals surface area (Å²) in [6, 6.07) is 23.0. The van der Waals surface area contributed by atoms with Gasteiger partial charge in [0.1, 0.15) is 18.3 Å². The van der Waals surface area contributed by atoms with Crippen molar-refractivity contribution in [1.29, 1.82) is 0 Å². The minimum Gasteiger partial charge on any atom is -0.492 e. The molecule has 0 saturated carbocycles. The molecular weight excluding hydrogens is 538 g/mol.